The maximum absolute atomic E-state index is 12.9. The minimum atomic E-state index is -1.42. The number of hydrogen-bond acceptors (Lipinski definition) is 7. The molecule has 3 aliphatic rings. The molecule has 2 saturated carbocycles. The molecule has 0 heterocycles. The molecule has 1 aromatic carbocycles. The molecule has 0 bridgehead atoms. The van der Waals surface area contributed by atoms with Crippen LogP contribution in [0.25, 0.3) is 0 Å². The van der Waals surface area contributed by atoms with E-state index in [9.17, 15) is 30.0 Å². The number of fused-ring (bicyclic) bond motifs is 3. The van der Waals surface area contributed by atoms with Gasteiger partial charge in [0.05, 0.1) is 22.6 Å². The number of aldehydes is 1. The Morgan fingerprint density at radius 1 is 1.26 bits per heavy atom. The van der Waals surface area contributed by atoms with E-state index >= 15 is 0 Å². The molecule has 5 unspecified atom stereocenters. The summed E-state index contributed by atoms with van der Waals surface area (Å²) >= 11 is 6.00. The van der Waals surface area contributed by atoms with Crippen LogP contribution in [0.5, 0.6) is 11.5 Å². The minimum absolute atomic E-state index is 0.0127. The van der Waals surface area contributed by atoms with E-state index in [2.05, 4.69) is 13.8 Å². The first kappa shape index (κ1) is 22.1. The summed E-state index contributed by atoms with van der Waals surface area (Å²) in [6, 6.07) is 0.952. The molecule has 4 rings (SSSR count). The highest BCUT2D eigenvalue weighted by Crippen LogP contribution is 2.67. The normalized spacial score (nSPS) is 35.4. The Kier molecular flexibility index (Phi) is 4.96. The molecule has 0 amide bonds. The summed E-state index contributed by atoms with van der Waals surface area (Å²) in [6.07, 6.45) is 3.12. The lowest BCUT2D eigenvalue weighted by Gasteiger charge is -2.65. The van der Waals surface area contributed by atoms with Crippen molar-refractivity contribution in [3.05, 3.63) is 33.9 Å². The maximum Gasteiger partial charge on any atom is 0.342 e. The Balaban J connectivity index is 1.70. The van der Waals surface area contributed by atoms with E-state index in [4.69, 9.17) is 16.3 Å². The monoisotopic (exact) mass is 450 g/mol. The van der Waals surface area contributed by atoms with E-state index in [1.807, 2.05) is 6.08 Å². The Labute approximate surface area is 185 Å². The zero-order chi connectivity index (χ0) is 22.9. The fourth-order valence-corrected chi connectivity index (χ4v) is 6.36. The number of rotatable bonds is 4. The van der Waals surface area contributed by atoms with Crippen molar-refractivity contribution < 1.29 is 34.8 Å². The third kappa shape index (κ3) is 2.86. The molecule has 2 fully saturated rings. The largest absolute Gasteiger partial charge is 0.507 e. The first-order valence-electron chi connectivity index (χ1n) is 10.3. The highest BCUT2D eigenvalue weighted by Gasteiger charge is 2.74. The first-order valence-corrected chi connectivity index (χ1v) is 10.7. The molecule has 168 valence electrons. The van der Waals surface area contributed by atoms with Crippen LogP contribution >= 0.6 is 11.6 Å². The molecule has 8 heteroatoms. The lowest BCUT2D eigenvalue weighted by atomic mass is 9.44. The van der Waals surface area contributed by atoms with Crippen molar-refractivity contribution in [2.45, 2.75) is 51.7 Å². The van der Waals surface area contributed by atoms with Gasteiger partial charge in [0, 0.05) is 18.1 Å². The van der Waals surface area contributed by atoms with Gasteiger partial charge in [0.15, 0.2) is 0 Å². The standard InChI is InChI=1S/C23H27ClO7/c1-11-18(15(27)5-16(28)19(11)24)20(29)31-17-8-23(30)14-7-21(2,3)6-12(14)4-13(9-25)22(17,23)10-26/h4-5,9,12,14,17,26-28,30H,6-8,10H2,1-3H3. The lowest BCUT2D eigenvalue weighted by Crippen LogP contribution is -2.75. The number of allylic oxidation sites excluding steroid dienone is 1. The number of phenols is 2. The molecule has 4 N–H and O–H groups in total. The number of ether oxygens (including phenoxy) is 1. The van der Waals surface area contributed by atoms with Gasteiger partial charge in [0.1, 0.15) is 29.5 Å². The van der Waals surface area contributed by atoms with E-state index in [-0.39, 0.29) is 51.1 Å². The molecule has 3 aliphatic carbocycles. The molecular formula is C23H27ClO7. The van der Waals surface area contributed by atoms with Crippen LogP contribution in [-0.2, 0) is 9.53 Å². The molecule has 0 radical (unpaired) electrons. The van der Waals surface area contributed by atoms with Crippen LogP contribution in [0.4, 0.5) is 0 Å². The number of benzene rings is 1. The number of hydrogen-bond donors (Lipinski definition) is 4. The molecule has 0 aliphatic heterocycles. The second kappa shape index (κ2) is 6.95. The number of carbonyl (C=O) groups is 2. The number of phenolic OH excluding ortho intramolecular Hbond substituents is 2. The van der Waals surface area contributed by atoms with Gasteiger partial charge in [-0.15, -0.1) is 0 Å². The van der Waals surface area contributed by atoms with Gasteiger partial charge in [-0.25, -0.2) is 4.79 Å². The molecule has 0 spiro atoms. The van der Waals surface area contributed by atoms with E-state index in [0.29, 0.717) is 6.29 Å². The Bertz CT molecular complexity index is 1000. The Hall–Kier alpha value is -2.09. The van der Waals surface area contributed by atoms with Crippen LogP contribution in [0, 0.1) is 29.6 Å². The number of aromatic hydroxyl groups is 2. The number of aliphatic hydroxyl groups is 2. The van der Waals surface area contributed by atoms with Crippen LogP contribution in [0.1, 0.15) is 49.0 Å². The zero-order valence-electron chi connectivity index (χ0n) is 17.7. The first-order chi connectivity index (χ1) is 14.4. The van der Waals surface area contributed by atoms with Crippen LogP contribution in [-0.4, -0.2) is 51.0 Å². The van der Waals surface area contributed by atoms with Gasteiger partial charge < -0.3 is 25.2 Å². The predicted octanol–water partition coefficient (Wildman–Crippen LogP) is 2.89. The summed E-state index contributed by atoms with van der Waals surface area (Å²) in [7, 11) is 0. The van der Waals surface area contributed by atoms with Crippen molar-refractivity contribution in [2.75, 3.05) is 6.61 Å². The highest BCUT2D eigenvalue weighted by atomic mass is 35.5. The predicted molar refractivity (Wildman–Crippen MR) is 112 cm³/mol. The SMILES string of the molecule is Cc1c(Cl)c(O)cc(O)c1C(=O)OC1CC2(O)C3CC(C)(C)CC3C=C(C=O)C12CO. The van der Waals surface area contributed by atoms with E-state index in [1.54, 1.807) is 0 Å². The van der Waals surface area contributed by atoms with Gasteiger partial charge in [-0.3, -0.25) is 4.79 Å². The third-order valence-corrected chi connectivity index (χ3v) is 8.18. The number of aliphatic hydroxyl groups excluding tert-OH is 1. The summed E-state index contributed by atoms with van der Waals surface area (Å²) in [5, 5.41) is 41.9. The van der Waals surface area contributed by atoms with Crippen molar-refractivity contribution in [3.63, 3.8) is 0 Å². The molecule has 0 saturated heterocycles. The zero-order valence-corrected chi connectivity index (χ0v) is 18.4. The number of esters is 1. The second-order valence-electron chi connectivity index (χ2n) is 9.96. The van der Waals surface area contributed by atoms with Crippen LogP contribution in [0.3, 0.4) is 0 Å². The van der Waals surface area contributed by atoms with Gasteiger partial charge in [-0.2, -0.15) is 0 Å². The number of carbonyl (C=O) groups excluding carboxylic acids is 2. The van der Waals surface area contributed by atoms with Crippen molar-refractivity contribution in [1.82, 2.24) is 0 Å². The van der Waals surface area contributed by atoms with Crippen molar-refractivity contribution >= 4 is 23.9 Å². The fraction of sp³-hybridized carbons (Fsp3) is 0.565. The Morgan fingerprint density at radius 3 is 2.55 bits per heavy atom. The average molecular weight is 451 g/mol. The summed E-state index contributed by atoms with van der Waals surface area (Å²) in [4.78, 5) is 24.9. The van der Waals surface area contributed by atoms with Crippen LogP contribution in [0.15, 0.2) is 17.7 Å². The van der Waals surface area contributed by atoms with E-state index in [0.717, 1.165) is 18.9 Å². The van der Waals surface area contributed by atoms with Crippen LogP contribution < -0.4 is 0 Å². The van der Waals surface area contributed by atoms with E-state index < -0.39 is 35.4 Å². The highest BCUT2D eigenvalue weighted by molar-refractivity contribution is 6.33. The molecular weight excluding hydrogens is 424 g/mol. The Morgan fingerprint density at radius 2 is 1.94 bits per heavy atom. The fourth-order valence-electron chi connectivity index (χ4n) is 6.21. The van der Waals surface area contributed by atoms with Gasteiger partial charge in [-0.1, -0.05) is 31.5 Å². The minimum Gasteiger partial charge on any atom is -0.507 e. The molecule has 7 nitrogen and oxygen atoms in total. The summed E-state index contributed by atoms with van der Waals surface area (Å²) in [6.45, 7) is 5.12. The van der Waals surface area contributed by atoms with Gasteiger partial charge in [-0.05, 0) is 42.6 Å². The summed E-state index contributed by atoms with van der Waals surface area (Å²) < 4.78 is 5.63. The third-order valence-electron chi connectivity index (χ3n) is 7.71. The molecule has 5 atom stereocenters. The molecule has 1 aromatic rings. The lowest BCUT2D eigenvalue weighted by molar-refractivity contribution is -0.268. The van der Waals surface area contributed by atoms with Gasteiger partial charge >= 0.3 is 5.97 Å². The summed E-state index contributed by atoms with van der Waals surface area (Å²) in [5.74, 6) is -1.92. The number of halogens is 1. The summed E-state index contributed by atoms with van der Waals surface area (Å²) in [5.41, 5.74) is -2.64. The van der Waals surface area contributed by atoms with Gasteiger partial charge in [0.25, 0.3) is 0 Å². The quantitative estimate of drug-likeness (QED) is 0.410. The van der Waals surface area contributed by atoms with Crippen molar-refractivity contribution in [2.24, 2.45) is 22.7 Å². The van der Waals surface area contributed by atoms with Crippen molar-refractivity contribution in [1.29, 1.82) is 0 Å². The second-order valence-corrected chi connectivity index (χ2v) is 10.3. The topological polar surface area (TPSA) is 124 Å². The van der Waals surface area contributed by atoms with Crippen molar-refractivity contribution in [3.8, 4) is 11.5 Å². The molecule has 0 aromatic heterocycles. The average Bonchev–Trinajstić information content (AvgIpc) is 2.99. The smallest absolute Gasteiger partial charge is 0.342 e. The van der Waals surface area contributed by atoms with E-state index in [1.165, 1.54) is 6.92 Å². The molecule has 31 heavy (non-hydrogen) atoms. The van der Waals surface area contributed by atoms with Crippen LogP contribution in [0.2, 0.25) is 5.02 Å². The maximum atomic E-state index is 12.9. The van der Waals surface area contributed by atoms with Gasteiger partial charge in [0.2, 0.25) is 0 Å².